The Labute approximate surface area is 220 Å². The van der Waals surface area contributed by atoms with E-state index in [0.717, 1.165) is 21.7 Å². The summed E-state index contributed by atoms with van der Waals surface area (Å²) in [5.41, 5.74) is 1.12. The van der Waals surface area contributed by atoms with E-state index in [9.17, 15) is 14.0 Å². The minimum absolute atomic E-state index is 0.0896. The lowest BCUT2D eigenvalue weighted by Gasteiger charge is -2.29. The van der Waals surface area contributed by atoms with Crippen molar-refractivity contribution in [1.82, 2.24) is 9.80 Å². The molecule has 2 amide bonds. The largest absolute Gasteiger partial charge is 0.332 e. The van der Waals surface area contributed by atoms with E-state index in [4.69, 9.17) is 23.2 Å². The quantitative estimate of drug-likeness (QED) is 0.275. The van der Waals surface area contributed by atoms with Crippen LogP contribution in [0.2, 0.25) is 10.0 Å². The van der Waals surface area contributed by atoms with Gasteiger partial charge in [0.05, 0.1) is 17.1 Å². The van der Waals surface area contributed by atoms with E-state index in [2.05, 4.69) is 0 Å². The number of benzene rings is 2. The lowest BCUT2D eigenvalue weighted by atomic mass is 10.1. The van der Waals surface area contributed by atoms with Gasteiger partial charge < -0.3 is 9.80 Å². The fourth-order valence-corrected chi connectivity index (χ4v) is 5.02. The molecule has 0 spiro atoms. The van der Waals surface area contributed by atoms with Gasteiger partial charge in [-0.3, -0.25) is 9.59 Å². The molecule has 0 fully saturated rings. The van der Waals surface area contributed by atoms with Gasteiger partial charge in [-0.25, -0.2) is 4.39 Å². The zero-order valence-electron chi connectivity index (χ0n) is 20.1. The molecule has 8 heteroatoms. The highest BCUT2D eigenvalue weighted by atomic mass is 35.5. The van der Waals surface area contributed by atoms with Crippen molar-refractivity contribution >= 4 is 46.4 Å². The molecule has 1 heterocycles. The number of hydrogen-bond donors (Lipinski definition) is 0. The van der Waals surface area contributed by atoms with Crippen LogP contribution >= 0.6 is 34.5 Å². The SMILES string of the molecule is CC[C@@H](C)CN(CC(=O)N(Cc1ccc(F)cc1)Cc1ccc(C)s1)C(=O)c1ccc(Cl)cc1Cl. The molecule has 35 heavy (non-hydrogen) atoms. The van der Waals surface area contributed by atoms with Crippen LogP contribution in [0.4, 0.5) is 4.39 Å². The molecular formula is C27H29Cl2FN2O2S. The lowest BCUT2D eigenvalue weighted by molar-refractivity contribution is -0.133. The molecule has 0 unspecified atom stereocenters. The molecular weight excluding hydrogens is 506 g/mol. The minimum Gasteiger partial charge on any atom is -0.332 e. The van der Waals surface area contributed by atoms with Crippen molar-refractivity contribution in [3.05, 3.63) is 91.3 Å². The molecule has 0 saturated carbocycles. The number of aryl methyl sites for hydroxylation is 1. The van der Waals surface area contributed by atoms with Gasteiger partial charge in [0.15, 0.2) is 0 Å². The smallest absolute Gasteiger partial charge is 0.255 e. The summed E-state index contributed by atoms with van der Waals surface area (Å²) in [6, 6.07) is 14.9. The summed E-state index contributed by atoms with van der Waals surface area (Å²) in [7, 11) is 0. The van der Waals surface area contributed by atoms with Crippen molar-refractivity contribution < 1.29 is 14.0 Å². The summed E-state index contributed by atoms with van der Waals surface area (Å²) in [4.78, 5) is 32.5. The van der Waals surface area contributed by atoms with Crippen LogP contribution in [0.5, 0.6) is 0 Å². The highest BCUT2D eigenvalue weighted by molar-refractivity contribution is 7.11. The summed E-state index contributed by atoms with van der Waals surface area (Å²) in [5, 5.41) is 0.689. The Hall–Kier alpha value is -2.41. The van der Waals surface area contributed by atoms with Gasteiger partial charge in [-0.2, -0.15) is 0 Å². The van der Waals surface area contributed by atoms with Gasteiger partial charge in [0.25, 0.3) is 5.91 Å². The van der Waals surface area contributed by atoms with E-state index in [1.165, 1.54) is 18.2 Å². The van der Waals surface area contributed by atoms with Crippen molar-refractivity contribution in [2.45, 2.75) is 40.3 Å². The third kappa shape index (κ3) is 7.79. The molecule has 1 atom stereocenters. The first-order chi connectivity index (χ1) is 16.7. The summed E-state index contributed by atoms with van der Waals surface area (Å²) in [6.45, 7) is 7.15. The van der Waals surface area contributed by atoms with Crippen LogP contribution in [0.25, 0.3) is 0 Å². The number of nitrogens with zero attached hydrogens (tertiary/aromatic N) is 2. The minimum atomic E-state index is -0.328. The third-order valence-electron chi connectivity index (χ3n) is 5.79. The van der Waals surface area contributed by atoms with Crippen molar-refractivity contribution in [2.75, 3.05) is 13.1 Å². The maximum Gasteiger partial charge on any atom is 0.255 e. The fraction of sp³-hybridized carbons (Fsp3) is 0.333. The number of carbonyl (C=O) groups excluding carboxylic acids is 2. The van der Waals surface area contributed by atoms with E-state index in [1.54, 1.807) is 45.4 Å². The predicted octanol–water partition coefficient (Wildman–Crippen LogP) is 7.22. The molecule has 3 rings (SSSR count). The monoisotopic (exact) mass is 534 g/mol. The van der Waals surface area contributed by atoms with Crippen LogP contribution in [0.1, 0.15) is 45.9 Å². The summed E-state index contributed by atoms with van der Waals surface area (Å²) in [6.07, 6.45) is 0.861. The second-order valence-corrected chi connectivity index (χ2v) is 10.9. The number of thiophene rings is 1. The molecule has 0 saturated heterocycles. The molecule has 1 aromatic heterocycles. The maximum atomic E-state index is 13.6. The van der Waals surface area contributed by atoms with Crippen molar-refractivity contribution in [3.63, 3.8) is 0 Å². The highest BCUT2D eigenvalue weighted by Gasteiger charge is 2.25. The molecule has 0 bridgehead atoms. The van der Waals surface area contributed by atoms with Crippen LogP contribution in [0.3, 0.4) is 0 Å². The Balaban J connectivity index is 1.86. The maximum absolute atomic E-state index is 13.6. The normalized spacial score (nSPS) is 11.8. The highest BCUT2D eigenvalue weighted by Crippen LogP contribution is 2.24. The van der Waals surface area contributed by atoms with Crippen molar-refractivity contribution in [2.24, 2.45) is 5.92 Å². The van der Waals surface area contributed by atoms with Gasteiger partial charge >= 0.3 is 0 Å². The number of amides is 2. The summed E-state index contributed by atoms with van der Waals surface area (Å²) in [5.74, 6) is -0.634. The van der Waals surface area contributed by atoms with Gasteiger partial charge in [0.2, 0.25) is 5.91 Å². The zero-order chi connectivity index (χ0) is 25.5. The van der Waals surface area contributed by atoms with Gasteiger partial charge in [-0.1, -0.05) is 55.6 Å². The molecule has 4 nitrogen and oxygen atoms in total. The summed E-state index contributed by atoms with van der Waals surface area (Å²) >= 11 is 13.9. The number of carbonyl (C=O) groups is 2. The van der Waals surface area contributed by atoms with E-state index >= 15 is 0 Å². The van der Waals surface area contributed by atoms with Crippen LogP contribution < -0.4 is 0 Å². The number of hydrogen-bond acceptors (Lipinski definition) is 3. The third-order valence-corrected chi connectivity index (χ3v) is 7.32. The standard InChI is InChI=1S/C27H29Cl2FN2O2S/c1-4-18(2)14-32(27(34)24-12-8-21(28)13-25(24)29)17-26(33)31(16-23-11-5-19(3)35-23)15-20-6-9-22(30)10-7-20/h5-13,18H,4,14-17H2,1-3H3/t18-/m1/s1. The molecule has 0 aliphatic rings. The van der Waals surface area contributed by atoms with Crippen LogP contribution in [-0.2, 0) is 17.9 Å². The molecule has 0 aliphatic heterocycles. The molecule has 3 aromatic rings. The number of halogens is 3. The lowest BCUT2D eigenvalue weighted by Crippen LogP contribution is -2.44. The molecule has 0 aliphatic carbocycles. The second kappa shape index (κ2) is 12.5. The van der Waals surface area contributed by atoms with Crippen LogP contribution in [-0.4, -0.2) is 34.7 Å². The van der Waals surface area contributed by atoms with Crippen molar-refractivity contribution in [1.29, 1.82) is 0 Å². The first-order valence-electron chi connectivity index (χ1n) is 11.5. The second-order valence-electron chi connectivity index (χ2n) is 8.71. The average Bonchev–Trinajstić information content (AvgIpc) is 3.23. The Morgan fingerprint density at radius 1 is 1.00 bits per heavy atom. The average molecular weight is 536 g/mol. The first kappa shape index (κ1) is 27.2. The summed E-state index contributed by atoms with van der Waals surface area (Å²) < 4.78 is 13.4. The molecule has 0 radical (unpaired) electrons. The van der Waals surface area contributed by atoms with Gasteiger partial charge in [-0.15, -0.1) is 11.3 Å². The predicted molar refractivity (Wildman–Crippen MR) is 142 cm³/mol. The molecule has 0 N–H and O–H groups in total. The molecule has 186 valence electrons. The van der Waals surface area contributed by atoms with Crippen LogP contribution in [0.15, 0.2) is 54.6 Å². The first-order valence-corrected chi connectivity index (χ1v) is 13.0. The Morgan fingerprint density at radius 2 is 1.71 bits per heavy atom. The van der Waals surface area contributed by atoms with Gasteiger partial charge in [0.1, 0.15) is 12.4 Å². The van der Waals surface area contributed by atoms with E-state index in [0.29, 0.717) is 30.2 Å². The van der Waals surface area contributed by atoms with E-state index in [-0.39, 0.29) is 35.1 Å². The van der Waals surface area contributed by atoms with Gasteiger partial charge in [0, 0.05) is 27.9 Å². The van der Waals surface area contributed by atoms with E-state index < -0.39 is 0 Å². The molecule has 2 aromatic carbocycles. The number of rotatable bonds is 10. The van der Waals surface area contributed by atoms with Crippen LogP contribution in [0, 0.1) is 18.7 Å². The Bertz CT molecular complexity index is 1170. The Kier molecular flexibility index (Phi) is 9.72. The Morgan fingerprint density at radius 3 is 2.31 bits per heavy atom. The fourth-order valence-electron chi connectivity index (χ4n) is 3.62. The zero-order valence-corrected chi connectivity index (χ0v) is 22.4. The topological polar surface area (TPSA) is 40.6 Å². The van der Waals surface area contributed by atoms with Gasteiger partial charge in [-0.05, 0) is 60.9 Å². The van der Waals surface area contributed by atoms with Crippen molar-refractivity contribution in [3.8, 4) is 0 Å². The van der Waals surface area contributed by atoms with E-state index in [1.807, 2.05) is 32.9 Å².